The van der Waals surface area contributed by atoms with E-state index in [9.17, 15) is 5.11 Å². The molecule has 21 heavy (non-hydrogen) atoms. The van der Waals surface area contributed by atoms with Gasteiger partial charge in [-0.05, 0) is 55.7 Å². The molecular formula is C19H26O2. The summed E-state index contributed by atoms with van der Waals surface area (Å²) in [4.78, 5) is 0. The van der Waals surface area contributed by atoms with Crippen molar-refractivity contribution in [3.05, 3.63) is 41.5 Å². The number of hydrogen-bond acceptors (Lipinski definition) is 2. The molecule has 2 heteroatoms. The standard InChI is InChI=1S/C19H26O2/c1-13-12-19(15-6-8-16(21-5)9-7-15)14(2)17(13,3)10-11-18(19,4)20/h6-9,12,14,20H,10-11H2,1-5H3/t14-,17+,18?,19-/m0/s1. The summed E-state index contributed by atoms with van der Waals surface area (Å²) in [6.07, 6.45) is 4.24. The molecule has 2 nitrogen and oxygen atoms in total. The minimum absolute atomic E-state index is 0.197. The summed E-state index contributed by atoms with van der Waals surface area (Å²) < 4.78 is 5.28. The SMILES string of the molecule is COc1ccc([C@@]23C=C(C)[C@@](C)(CCC2(C)O)[C@@H]3C)cc1. The first-order valence-corrected chi connectivity index (χ1v) is 7.85. The van der Waals surface area contributed by atoms with Gasteiger partial charge in [0.15, 0.2) is 0 Å². The zero-order valence-corrected chi connectivity index (χ0v) is 13.7. The van der Waals surface area contributed by atoms with E-state index in [2.05, 4.69) is 39.0 Å². The second-order valence-electron chi connectivity index (χ2n) is 7.34. The number of methoxy groups -OCH3 is 1. The molecular weight excluding hydrogens is 260 g/mol. The summed E-state index contributed by atoms with van der Waals surface area (Å²) >= 11 is 0. The van der Waals surface area contributed by atoms with Gasteiger partial charge in [0.2, 0.25) is 0 Å². The van der Waals surface area contributed by atoms with Crippen LogP contribution in [0.15, 0.2) is 35.9 Å². The molecule has 2 aliphatic rings. The number of benzene rings is 1. The van der Waals surface area contributed by atoms with Gasteiger partial charge in [-0.1, -0.05) is 37.6 Å². The van der Waals surface area contributed by atoms with E-state index in [0.29, 0.717) is 5.92 Å². The number of rotatable bonds is 2. The molecule has 1 N–H and O–H groups in total. The van der Waals surface area contributed by atoms with E-state index in [1.54, 1.807) is 7.11 Å². The van der Waals surface area contributed by atoms with Crippen LogP contribution in [0, 0.1) is 11.3 Å². The summed E-state index contributed by atoms with van der Waals surface area (Å²) in [5.74, 6) is 1.25. The number of fused-ring (bicyclic) bond motifs is 2. The largest absolute Gasteiger partial charge is 0.497 e. The zero-order chi connectivity index (χ0) is 15.5. The molecule has 2 aliphatic carbocycles. The third kappa shape index (κ3) is 1.69. The predicted octanol–water partition coefficient (Wildman–Crippen LogP) is 4.08. The van der Waals surface area contributed by atoms with Gasteiger partial charge in [-0.3, -0.25) is 0 Å². The van der Waals surface area contributed by atoms with Gasteiger partial charge >= 0.3 is 0 Å². The van der Waals surface area contributed by atoms with Gasteiger partial charge < -0.3 is 9.84 Å². The molecule has 2 bridgehead atoms. The fraction of sp³-hybridized carbons (Fsp3) is 0.579. The number of ether oxygens (including phenoxy) is 1. The van der Waals surface area contributed by atoms with Gasteiger partial charge in [0.1, 0.15) is 5.75 Å². The van der Waals surface area contributed by atoms with Crippen molar-refractivity contribution in [2.24, 2.45) is 11.3 Å². The van der Waals surface area contributed by atoms with Crippen molar-refractivity contribution in [1.29, 1.82) is 0 Å². The first-order valence-electron chi connectivity index (χ1n) is 7.85. The molecule has 0 aromatic heterocycles. The maximum atomic E-state index is 11.2. The Hall–Kier alpha value is -1.28. The first kappa shape index (κ1) is 14.6. The molecule has 1 aromatic rings. The van der Waals surface area contributed by atoms with Gasteiger partial charge in [0, 0.05) is 5.41 Å². The van der Waals surface area contributed by atoms with Crippen molar-refractivity contribution in [2.45, 2.75) is 51.6 Å². The summed E-state index contributed by atoms with van der Waals surface area (Å²) in [6.45, 7) is 8.88. The smallest absolute Gasteiger partial charge is 0.118 e. The summed E-state index contributed by atoms with van der Waals surface area (Å²) in [7, 11) is 1.68. The zero-order valence-electron chi connectivity index (χ0n) is 13.7. The van der Waals surface area contributed by atoms with Crippen LogP contribution >= 0.6 is 0 Å². The minimum atomic E-state index is -0.710. The Labute approximate surface area is 127 Å². The molecule has 0 spiro atoms. The topological polar surface area (TPSA) is 29.5 Å². The number of aliphatic hydroxyl groups is 1. The fourth-order valence-corrected chi connectivity index (χ4v) is 4.73. The summed E-state index contributed by atoms with van der Waals surface area (Å²) in [5, 5.41) is 11.2. The monoisotopic (exact) mass is 286 g/mol. The van der Waals surface area contributed by atoms with E-state index in [1.807, 2.05) is 19.1 Å². The molecule has 0 amide bonds. The molecule has 114 valence electrons. The molecule has 1 aromatic carbocycles. The van der Waals surface area contributed by atoms with Crippen LogP contribution in [-0.4, -0.2) is 17.8 Å². The summed E-state index contributed by atoms with van der Waals surface area (Å²) in [5.41, 5.74) is 1.81. The van der Waals surface area contributed by atoms with E-state index in [4.69, 9.17) is 4.74 Å². The lowest BCUT2D eigenvalue weighted by molar-refractivity contribution is -0.0821. The van der Waals surface area contributed by atoms with Crippen LogP contribution < -0.4 is 4.74 Å². The lowest BCUT2D eigenvalue weighted by atomic mass is 9.52. The average molecular weight is 286 g/mol. The van der Waals surface area contributed by atoms with Gasteiger partial charge in [-0.25, -0.2) is 0 Å². The van der Waals surface area contributed by atoms with Crippen LogP contribution in [-0.2, 0) is 5.41 Å². The molecule has 0 radical (unpaired) electrons. The fourth-order valence-electron chi connectivity index (χ4n) is 4.73. The maximum Gasteiger partial charge on any atom is 0.118 e. The Bertz CT molecular complexity index is 584. The Balaban J connectivity index is 2.19. The third-order valence-corrected chi connectivity index (χ3v) is 6.57. The molecule has 1 saturated carbocycles. The van der Waals surface area contributed by atoms with Gasteiger partial charge in [-0.15, -0.1) is 0 Å². The van der Waals surface area contributed by atoms with E-state index in [-0.39, 0.29) is 10.8 Å². The van der Waals surface area contributed by atoms with Gasteiger partial charge in [0.05, 0.1) is 12.7 Å². The Kier molecular flexibility index (Phi) is 3.04. The highest BCUT2D eigenvalue weighted by Crippen LogP contribution is 2.65. The van der Waals surface area contributed by atoms with E-state index in [1.165, 1.54) is 11.1 Å². The number of hydrogen-bond donors (Lipinski definition) is 1. The summed E-state index contributed by atoms with van der Waals surface area (Å²) in [6, 6.07) is 8.23. The van der Waals surface area contributed by atoms with Crippen molar-refractivity contribution in [2.75, 3.05) is 7.11 Å². The highest BCUT2D eigenvalue weighted by atomic mass is 16.5. The normalized spacial score (nSPS) is 41.8. The predicted molar refractivity (Wildman–Crippen MR) is 85.6 cm³/mol. The van der Waals surface area contributed by atoms with E-state index in [0.717, 1.165) is 18.6 Å². The van der Waals surface area contributed by atoms with Crippen molar-refractivity contribution in [3.63, 3.8) is 0 Å². The molecule has 0 heterocycles. The quantitative estimate of drug-likeness (QED) is 0.830. The van der Waals surface area contributed by atoms with Gasteiger partial charge in [-0.2, -0.15) is 0 Å². The van der Waals surface area contributed by atoms with Crippen LogP contribution in [0.3, 0.4) is 0 Å². The van der Waals surface area contributed by atoms with Crippen molar-refractivity contribution in [3.8, 4) is 5.75 Å². The first-order chi connectivity index (χ1) is 9.78. The highest BCUT2D eigenvalue weighted by Gasteiger charge is 2.63. The van der Waals surface area contributed by atoms with Crippen LogP contribution in [0.4, 0.5) is 0 Å². The Morgan fingerprint density at radius 3 is 2.33 bits per heavy atom. The van der Waals surface area contributed by atoms with Crippen molar-refractivity contribution >= 4 is 0 Å². The van der Waals surface area contributed by atoms with E-state index < -0.39 is 5.60 Å². The minimum Gasteiger partial charge on any atom is -0.497 e. The molecule has 3 rings (SSSR count). The van der Waals surface area contributed by atoms with Crippen molar-refractivity contribution in [1.82, 2.24) is 0 Å². The molecule has 1 fully saturated rings. The van der Waals surface area contributed by atoms with Crippen molar-refractivity contribution < 1.29 is 9.84 Å². The third-order valence-electron chi connectivity index (χ3n) is 6.57. The Morgan fingerprint density at radius 2 is 1.76 bits per heavy atom. The highest BCUT2D eigenvalue weighted by molar-refractivity contribution is 5.48. The van der Waals surface area contributed by atoms with E-state index >= 15 is 0 Å². The lowest BCUT2D eigenvalue weighted by Gasteiger charge is -2.54. The maximum absolute atomic E-state index is 11.2. The molecule has 0 saturated heterocycles. The van der Waals surface area contributed by atoms with Crippen LogP contribution in [0.2, 0.25) is 0 Å². The molecule has 0 aliphatic heterocycles. The lowest BCUT2D eigenvalue weighted by Crippen LogP contribution is -2.57. The second-order valence-corrected chi connectivity index (χ2v) is 7.34. The average Bonchev–Trinajstić information content (AvgIpc) is 2.63. The van der Waals surface area contributed by atoms with Crippen LogP contribution in [0.5, 0.6) is 5.75 Å². The molecule has 4 atom stereocenters. The number of allylic oxidation sites excluding steroid dienone is 1. The Morgan fingerprint density at radius 1 is 1.14 bits per heavy atom. The van der Waals surface area contributed by atoms with Gasteiger partial charge in [0.25, 0.3) is 0 Å². The van der Waals surface area contributed by atoms with Crippen LogP contribution in [0.25, 0.3) is 0 Å². The molecule has 1 unspecified atom stereocenters. The van der Waals surface area contributed by atoms with Crippen LogP contribution in [0.1, 0.15) is 46.1 Å². The second kappa shape index (κ2) is 4.36.